The van der Waals surface area contributed by atoms with Crippen molar-refractivity contribution in [3.63, 3.8) is 0 Å². The Bertz CT molecular complexity index is 2680. The van der Waals surface area contributed by atoms with Crippen LogP contribution in [0, 0.1) is 0 Å². The van der Waals surface area contributed by atoms with Crippen LogP contribution in [-0.2, 0) is 19.0 Å². The average Bonchev–Trinajstić information content (AvgIpc) is 3.29. The van der Waals surface area contributed by atoms with E-state index in [2.05, 4.69) is 0 Å². The van der Waals surface area contributed by atoms with Gasteiger partial charge in [-0.1, -0.05) is 6.07 Å². The summed E-state index contributed by atoms with van der Waals surface area (Å²) in [6, 6.07) is 13.1. The zero-order valence-electron chi connectivity index (χ0n) is 35.4. The van der Waals surface area contributed by atoms with Crippen LogP contribution in [0.15, 0.2) is 82.0 Å². The lowest BCUT2D eigenvalue weighted by Crippen LogP contribution is -2.61. The number of carboxylic acids is 2. The number of phenolic OH excluding ortho intramolecular Hbond substituents is 7. The standard InChI is InChI=1S/C27H30O16.C10H10O4.C7H6O4/c1-8-17(32)20(35)22(37)26(40-8)39-7-15-18(33)21(36)23(38)27(42-15)43-25-19(34)16-13(31)5-10(28)6-14(16)41-24(25)9-2-3-11(29)12(30)4-9;1-14-9-6-7(2-4-8(9)11)3-5-10(12)13;8-5-2-1-4(7(10)11)3-6(5)9/h2-6,8,15,17-18,20-23,26-33,35-38H,7H2,1H3;2-6,11H,1H3,(H,12,13);1-3,8-9H,(H,10,11)/b;5-3+;/t8-,15+,17-,18+,20+,21-,22+,23+,26+,27-;;/m0../s1. The third kappa shape index (κ3) is 11.9. The zero-order valence-corrected chi connectivity index (χ0v) is 35.4. The number of hydrogen-bond donors (Lipinski definition) is 15. The van der Waals surface area contributed by atoms with E-state index in [0.717, 1.165) is 42.5 Å². The molecule has 24 nitrogen and oxygen atoms in total. The van der Waals surface area contributed by atoms with E-state index in [4.69, 9.17) is 48.5 Å². The van der Waals surface area contributed by atoms with Crippen molar-refractivity contribution in [1.82, 2.24) is 0 Å². The highest BCUT2D eigenvalue weighted by molar-refractivity contribution is 5.89. The van der Waals surface area contributed by atoms with Gasteiger partial charge in [-0.2, -0.15) is 0 Å². The Balaban J connectivity index is 0.000000280. The second-order valence-corrected chi connectivity index (χ2v) is 14.9. The maximum absolute atomic E-state index is 13.6. The molecule has 2 aliphatic heterocycles. The van der Waals surface area contributed by atoms with Crippen LogP contribution in [0.3, 0.4) is 0 Å². The van der Waals surface area contributed by atoms with Crippen molar-refractivity contribution in [2.24, 2.45) is 0 Å². The van der Waals surface area contributed by atoms with Gasteiger partial charge in [0.1, 0.15) is 65.2 Å². The molecule has 0 bridgehead atoms. The number of aromatic carboxylic acids is 1. The molecule has 1 aromatic heterocycles. The first-order valence-electron chi connectivity index (χ1n) is 19.8. The van der Waals surface area contributed by atoms with Crippen LogP contribution in [0.4, 0.5) is 0 Å². The molecule has 0 aliphatic carbocycles. The van der Waals surface area contributed by atoms with Gasteiger partial charge in [-0.15, -0.1) is 0 Å². The molecule has 15 N–H and O–H groups in total. The number of benzene rings is 4. The molecule has 7 rings (SSSR count). The van der Waals surface area contributed by atoms with Gasteiger partial charge in [0.2, 0.25) is 17.5 Å². The van der Waals surface area contributed by atoms with E-state index >= 15 is 0 Å². The number of aliphatic hydroxyl groups is 6. The summed E-state index contributed by atoms with van der Waals surface area (Å²) in [5.74, 6) is -5.89. The minimum Gasteiger partial charge on any atom is -0.508 e. The van der Waals surface area contributed by atoms with Crippen molar-refractivity contribution >= 4 is 29.0 Å². The van der Waals surface area contributed by atoms with Crippen molar-refractivity contribution in [3.8, 4) is 63.1 Å². The summed E-state index contributed by atoms with van der Waals surface area (Å²) in [5, 5.41) is 145. The van der Waals surface area contributed by atoms with E-state index in [-0.39, 0.29) is 28.2 Å². The van der Waals surface area contributed by atoms with Crippen LogP contribution in [-0.4, -0.2) is 164 Å². The Kier molecular flexibility index (Phi) is 16.6. The Hall–Kier alpha value is -7.39. The number of fused-ring (bicyclic) bond motifs is 1. The lowest BCUT2D eigenvalue weighted by Gasteiger charge is -2.42. The third-order valence-corrected chi connectivity index (χ3v) is 10.1. The molecular weight excluding hydrogens is 912 g/mol. The van der Waals surface area contributed by atoms with Crippen molar-refractivity contribution in [2.75, 3.05) is 13.7 Å². The molecule has 68 heavy (non-hydrogen) atoms. The first kappa shape index (κ1) is 51.6. The van der Waals surface area contributed by atoms with Crippen LogP contribution in [0.5, 0.6) is 51.7 Å². The summed E-state index contributed by atoms with van der Waals surface area (Å²) in [6.07, 6.45) is -13.7. The quantitative estimate of drug-likeness (QED) is 0.0673. The summed E-state index contributed by atoms with van der Waals surface area (Å²) in [5.41, 5.74) is -0.749. The monoisotopic (exact) mass is 958 g/mol. The molecule has 4 aromatic carbocycles. The van der Waals surface area contributed by atoms with Crippen LogP contribution >= 0.6 is 0 Å². The number of rotatable bonds is 10. The summed E-state index contributed by atoms with van der Waals surface area (Å²) in [7, 11) is 1.43. The molecule has 10 atom stereocenters. The van der Waals surface area contributed by atoms with E-state index in [1.54, 1.807) is 12.1 Å². The predicted molar refractivity (Wildman–Crippen MR) is 228 cm³/mol. The highest BCUT2D eigenvalue weighted by Crippen LogP contribution is 2.40. The van der Waals surface area contributed by atoms with E-state index < -0.39 is 131 Å². The van der Waals surface area contributed by atoms with Crippen molar-refractivity contribution in [3.05, 3.63) is 94.2 Å². The topological polar surface area (TPSA) is 414 Å². The van der Waals surface area contributed by atoms with Crippen LogP contribution in [0.2, 0.25) is 0 Å². The second kappa shape index (κ2) is 21.9. The largest absolute Gasteiger partial charge is 0.508 e. The molecule has 3 heterocycles. The smallest absolute Gasteiger partial charge is 0.335 e. The minimum atomic E-state index is -1.97. The van der Waals surface area contributed by atoms with Crippen LogP contribution in [0.1, 0.15) is 22.8 Å². The first-order valence-corrected chi connectivity index (χ1v) is 19.8. The number of carboxylic acid groups (broad SMARTS) is 2. The number of aliphatic carboxylic acids is 1. The molecule has 2 fully saturated rings. The summed E-state index contributed by atoms with van der Waals surface area (Å²) < 4.78 is 32.7. The number of ether oxygens (including phenoxy) is 5. The van der Waals surface area contributed by atoms with Crippen LogP contribution < -0.4 is 14.9 Å². The van der Waals surface area contributed by atoms with Gasteiger partial charge in [0.25, 0.3) is 0 Å². The molecule has 0 saturated carbocycles. The molecule has 0 radical (unpaired) electrons. The SMILES string of the molecule is COc1cc(/C=C/C(=O)O)ccc1O.C[C@@H]1O[C@@H](OC[C@H]2O[C@@H](Oc3c(-c4ccc(O)c(O)c4)oc4cc(O)cc(O)c4c3=O)[C@H](O)[C@@H](O)[C@@H]2O)[C@H](O)[C@H](O)[C@H]1O.O=C(O)c1ccc(O)c(O)c1. The fourth-order valence-electron chi connectivity index (χ4n) is 6.46. The van der Waals surface area contributed by atoms with E-state index in [1.165, 1.54) is 38.3 Å². The molecule has 0 spiro atoms. The number of aromatic hydroxyl groups is 7. The maximum Gasteiger partial charge on any atom is 0.335 e. The maximum atomic E-state index is 13.6. The zero-order chi connectivity index (χ0) is 50.3. The molecule has 24 heteroatoms. The van der Waals surface area contributed by atoms with E-state index in [1.807, 2.05) is 0 Å². The molecule has 2 saturated heterocycles. The Labute approximate surface area is 382 Å². The van der Waals surface area contributed by atoms with Crippen LogP contribution in [0.25, 0.3) is 28.4 Å². The molecule has 2 aliphatic rings. The van der Waals surface area contributed by atoms with Gasteiger partial charge in [-0.05, 0) is 67.1 Å². The highest BCUT2D eigenvalue weighted by atomic mass is 16.7. The van der Waals surface area contributed by atoms with E-state index in [9.17, 15) is 70.6 Å². The Morgan fingerprint density at radius 3 is 1.90 bits per heavy atom. The number of aliphatic hydroxyl groups excluding tert-OH is 6. The normalized spacial score (nSPS) is 24.5. The van der Waals surface area contributed by atoms with Gasteiger partial charge in [0.15, 0.2) is 46.5 Å². The summed E-state index contributed by atoms with van der Waals surface area (Å²) in [4.78, 5) is 34.1. The average molecular weight is 959 g/mol. The highest BCUT2D eigenvalue weighted by Gasteiger charge is 2.48. The predicted octanol–water partition coefficient (Wildman–Crippen LogP) is 0.607. The lowest BCUT2D eigenvalue weighted by molar-refractivity contribution is -0.318. The molecule has 5 aromatic rings. The van der Waals surface area contributed by atoms with Gasteiger partial charge in [0.05, 0.1) is 25.4 Å². The fraction of sp³-hybridized carbons (Fsp3) is 0.295. The molecular formula is C44H46O24. The van der Waals surface area contributed by atoms with Gasteiger partial charge in [-0.3, -0.25) is 4.79 Å². The van der Waals surface area contributed by atoms with Gasteiger partial charge >= 0.3 is 11.9 Å². The van der Waals surface area contributed by atoms with Gasteiger partial charge in [-0.25, -0.2) is 9.59 Å². The summed E-state index contributed by atoms with van der Waals surface area (Å²) in [6.45, 7) is 0.818. The second-order valence-electron chi connectivity index (χ2n) is 14.9. The Morgan fingerprint density at radius 2 is 1.28 bits per heavy atom. The molecule has 0 amide bonds. The first-order chi connectivity index (χ1) is 32.0. The van der Waals surface area contributed by atoms with Crippen molar-refractivity contribution < 1.29 is 114 Å². The minimum absolute atomic E-state index is 0.0278. The van der Waals surface area contributed by atoms with Gasteiger partial charge < -0.3 is 105 Å². The van der Waals surface area contributed by atoms with Crippen molar-refractivity contribution in [2.45, 2.75) is 68.3 Å². The summed E-state index contributed by atoms with van der Waals surface area (Å²) >= 11 is 0. The Morgan fingerprint density at radius 1 is 0.662 bits per heavy atom. The van der Waals surface area contributed by atoms with Crippen molar-refractivity contribution in [1.29, 1.82) is 0 Å². The lowest BCUT2D eigenvalue weighted by atomic mass is 9.98. The molecule has 366 valence electrons. The number of methoxy groups -OCH3 is 1. The molecule has 0 unspecified atom stereocenters. The van der Waals surface area contributed by atoms with E-state index in [0.29, 0.717) is 11.3 Å². The number of phenols is 7. The fourth-order valence-corrected chi connectivity index (χ4v) is 6.46. The third-order valence-electron chi connectivity index (χ3n) is 10.1. The number of hydrogen-bond acceptors (Lipinski definition) is 22. The van der Waals surface area contributed by atoms with Gasteiger partial charge in [0, 0.05) is 23.8 Å². The number of carbonyl (C=O) groups is 2.